The second kappa shape index (κ2) is 9.19. The number of fused-ring (bicyclic) bond motifs is 1. The van der Waals surface area contributed by atoms with Crippen LogP contribution in [0.15, 0.2) is 60.7 Å². The first-order chi connectivity index (χ1) is 16.0. The molecule has 3 aromatic carbocycles. The summed E-state index contributed by atoms with van der Waals surface area (Å²) in [6.45, 7) is 4.27. The van der Waals surface area contributed by atoms with Crippen molar-refractivity contribution in [2.75, 3.05) is 6.26 Å². The highest BCUT2D eigenvalue weighted by Crippen LogP contribution is 2.33. The summed E-state index contributed by atoms with van der Waals surface area (Å²) in [5.41, 5.74) is 2.71. The van der Waals surface area contributed by atoms with Gasteiger partial charge in [0.05, 0.1) is 17.3 Å². The van der Waals surface area contributed by atoms with Crippen molar-refractivity contribution >= 4 is 38.4 Å². The molecule has 0 saturated heterocycles. The maximum atomic E-state index is 15.6. The van der Waals surface area contributed by atoms with E-state index in [0.29, 0.717) is 17.1 Å². The first-order valence-electron chi connectivity index (χ1n) is 10.6. The lowest BCUT2D eigenvalue weighted by atomic mass is 10.00. The molecule has 1 heterocycles. The highest BCUT2D eigenvalue weighted by atomic mass is 35.5. The molecule has 0 unspecified atom stereocenters. The Morgan fingerprint density at radius 2 is 1.82 bits per heavy atom. The number of hydrogen-bond acceptors (Lipinski definition) is 4. The molecule has 0 aliphatic heterocycles. The normalized spacial score (nSPS) is 11.8. The second-order valence-electron chi connectivity index (χ2n) is 8.57. The van der Waals surface area contributed by atoms with Gasteiger partial charge in [0, 0.05) is 16.0 Å². The first kappa shape index (κ1) is 23.9. The van der Waals surface area contributed by atoms with Gasteiger partial charge in [-0.3, -0.25) is 4.79 Å². The van der Waals surface area contributed by atoms with E-state index < -0.39 is 27.3 Å². The molecule has 0 aliphatic rings. The fraction of sp³-hybridized carbons (Fsp3) is 0.200. The lowest BCUT2D eigenvalue weighted by Gasteiger charge is -2.11. The predicted octanol–water partition coefficient (Wildman–Crippen LogP) is 5.37. The third-order valence-corrected chi connectivity index (χ3v) is 5.98. The number of nitrogens with zero attached hydrogens (tertiary/aromatic N) is 2. The van der Waals surface area contributed by atoms with Gasteiger partial charge in [0.2, 0.25) is 10.0 Å². The molecular formula is C25H23ClFN3O3S. The van der Waals surface area contributed by atoms with E-state index in [1.165, 1.54) is 10.7 Å². The molecule has 0 spiro atoms. The van der Waals surface area contributed by atoms with Crippen LogP contribution < -0.4 is 4.72 Å². The van der Waals surface area contributed by atoms with E-state index >= 15 is 4.39 Å². The Morgan fingerprint density at radius 3 is 2.47 bits per heavy atom. The van der Waals surface area contributed by atoms with Crippen LogP contribution in [-0.2, 0) is 16.4 Å². The van der Waals surface area contributed by atoms with Gasteiger partial charge < -0.3 is 0 Å². The van der Waals surface area contributed by atoms with Crippen LogP contribution in [0, 0.1) is 11.7 Å². The van der Waals surface area contributed by atoms with Crippen molar-refractivity contribution in [3.8, 4) is 16.9 Å². The van der Waals surface area contributed by atoms with Crippen molar-refractivity contribution in [3.63, 3.8) is 0 Å². The molecule has 0 aliphatic carbocycles. The van der Waals surface area contributed by atoms with Gasteiger partial charge in [-0.1, -0.05) is 61.8 Å². The highest BCUT2D eigenvalue weighted by molar-refractivity contribution is 7.89. The third kappa shape index (κ3) is 4.98. The summed E-state index contributed by atoms with van der Waals surface area (Å²) < 4.78 is 41.8. The molecule has 4 aromatic rings. The SMILES string of the molecule is CC(C)Cc1ccc2c(c1)c(-c1ccccc1)nn2-c1cc(Cl)cc(C(=O)NS(C)(=O)=O)c1F. The van der Waals surface area contributed by atoms with Crippen LogP contribution in [0.5, 0.6) is 0 Å². The molecule has 0 fully saturated rings. The summed E-state index contributed by atoms with van der Waals surface area (Å²) in [7, 11) is -3.89. The zero-order chi connectivity index (χ0) is 24.6. The number of sulfonamides is 1. The molecule has 1 aromatic heterocycles. The number of carbonyl (C=O) groups is 1. The number of amides is 1. The predicted molar refractivity (Wildman–Crippen MR) is 132 cm³/mol. The zero-order valence-electron chi connectivity index (χ0n) is 18.8. The van der Waals surface area contributed by atoms with Crippen LogP contribution in [0.1, 0.15) is 29.8 Å². The van der Waals surface area contributed by atoms with E-state index in [1.807, 2.05) is 48.5 Å². The highest BCUT2D eigenvalue weighted by Gasteiger charge is 2.23. The second-order valence-corrected chi connectivity index (χ2v) is 10.8. The lowest BCUT2D eigenvalue weighted by molar-refractivity contribution is 0.0977. The summed E-state index contributed by atoms with van der Waals surface area (Å²) >= 11 is 6.21. The smallest absolute Gasteiger partial charge is 0.267 e. The van der Waals surface area contributed by atoms with Crippen LogP contribution in [0.2, 0.25) is 5.02 Å². The summed E-state index contributed by atoms with van der Waals surface area (Å²) in [6.07, 6.45) is 1.69. The summed E-state index contributed by atoms with van der Waals surface area (Å²) in [4.78, 5) is 12.4. The van der Waals surface area contributed by atoms with Gasteiger partial charge >= 0.3 is 0 Å². The van der Waals surface area contributed by atoms with E-state index in [4.69, 9.17) is 16.7 Å². The van der Waals surface area contributed by atoms with Gasteiger partial charge in [-0.25, -0.2) is 22.2 Å². The minimum atomic E-state index is -3.89. The Morgan fingerprint density at radius 1 is 1.12 bits per heavy atom. The molecule has 1 amide bonds. The number of carbonyl (C=O) groups excluding carboxylic acids is 1. The molecule has 9 heteroatoms. The number of aromatic nitrogens is 2. The quantitative estimate of drug-likeness (QED) is 0.386. The van der Waals surface area contributed by atoms with Gasteiger partial charge in [0.1, 0.15) is 11.4 Å². The minimum absolute atomic E-state index is 0.0602. The number of halogens is 2. The fourth-order valence-electron chi connectivity index (χ4n) is 3.87. The average molecular weight is 500 g/mol. The van der Waals surface area contributed by atoms with Crippen LogP contribution in [0.25, 0.3) is 27.8 Å². The monoisotopic (exact) mass is 499 g/mol. The van der Waals surface area contributed by atoms with Crippen molar-refractivity contribution in [1.82, 2.24) is 14.5 Å². The first-order valence-corrected chi connectivity index (χ1v) is 12.9. The van der Waals surface area contributed by atoms with Crippen molar-refractivity contribution in [2.24, 2.45) is 5.92 Å². The number of hydrogen-bond donors (Lipinski definition) is 1. The van der Waals surface area contributed by atoms with Crippen molar-refractivity contribution < 1.29 is 17.6 Å². The number of benzene rings is 3. The molecule has 0 radical (unpaired) electrons. The Kier molecular flexibility index (Phi) is 6.47. The maximum Gasteiger partial charge on any atom is 0.267 e. The molecule has 0 saturated carbocycles. The van der Waals surface area contributed by atoms with E-state index in [2.05, 4.69) is 13.8 Å². The molecule has 0 atom stereocenters. The van der Waals surface area contributed by atoms with Crippen molar-refractivity contribution in [3.05, 3.63) is 82.6 Å². The molecule has 34 heavy (non-hydrogen) atoms. The third-order valence-electron chi connectivity index (χ3n) is 5.20. The maximum absolute atomic E-state index is 15.6. The van der Waals surface area contributed by atoms with E-state index in [0.717, 1.165) is 35.3 Å². The van der Waals surface area contributed by atoms with Crippen molar-refractivity contribution in [1.29, 1.82) is 0 Å². The van der Waals surface area contributed by atoms with Gasteiger partial charge in [-0.05, 0) is 42.2 Å². The zero-order valence-corrected chi connectivity index (χ0v) is 20.4. The summed E-state index contributed by atoms with van der Waals surface area (Å²) in [5, 5.41) is 5.59. The average Bonchev–Trinajstić information content (AvgIpc) is 3.12. The molecule has 0 bridgehead atoms. The van der Waals surface area contributed by atoms with Crippen LogP contribution in [0.3, 0.4) is 0 Å². The largest absolute Gasteiger partial charge is 0.268 e. The molecule has 4 rings (SSSR count). The Balaban J connectivity index is 1.96. The molecule has 176 valence electrons. The lowest BCUT2D eigenvalue weighted by Crippen LogP contribution is -2.30. The Labute approximate surface area is 202 Å². The number of rotatable bonds is 6. The van der Waals surface area contributed by atoms with Crippen LogP contribution >= 0.6 is 11.6 Å². The van der Waals surface area contributed by atoms with Crippen LogP contribution in [0.4, 0.5) is 4.39 Å². The topological polar surface area (TPSA) is 81.1 Å². The van der Waals surface area contributed by atoms with Crippen molar-refractivity contribution in [2.45, 2.75) is 20.3 Å². The minimum Gasteiger partial charge on any atom is -0.268 e. The van der Waals surface area contributed by atoms with E-state index in [-0.39, 0.29) is 10.7 Å². The van der Waals surface area contributed by atoms with E-state index in [1.54, 1.807) is 4.72 Å². The molecular weight excluding hydrogens is 477 g/mol. The molecule has 1 N–H and O–H groups in total. The van der Waals surface area contributed by atoms with Gasteiger partial charge in [0.25, 0.3) is 5.91 Å². The van der Waals surface area contributed by atoms with Gasteiger partial charge in [0.15, 0.2) is 5.82 Å². The number of nitrogens with one attached hydrogen (secondary N) is 1. The van der Waals surface area contributed by atoms with E-state index in [9.17, 15) is 13.2 Å². The Hall–Kier alpha value is -3.23. The summed E-state index contributed by atoms with van der Waals surface area (Å²) in [5.74, 6) is -1.59. The standard InChI is InChI=1S/C25H23ClFN3O3S/c1-15(2)11-16-9-10-21-19(12-16)24(17-7-5-4-6-8-17)28-30(21)22-14-18(26)13-20(23(22)27)25(31)29-34(3,32)33/h4-10,12-15H,11H2,1-3H3,(H,29,31). The summed E-state index contributed by atoms with van der Waals surface area (Å²) in [6, 6.07) is 17.8. The van der Waals surface area contributed by atoms with Gasteiger partial charge in [-0.2, -0.15) is 5.10 Å². The Bertz CT molecular complexity index is 1500. The van der Waals surface area contributed by atoms with Gasteiger partial charge in [-0.15, -0.1) is 0 Å². The fourth-order valence-corrected chi connectivity index (χ4v) is 4.53. The molecule has 6 nitrogen and oxygen atoms in total. The van der Waals surface area contributed by atoms with Crippen LogP contribution in [-0.4, -0.2) is 30.4 Å².